The van der Waals surface area contributed by atoms with Crippen molar-refractivity contribution in [3.8, 4) is 0 Å². The second-order valence-electron chi connectivity index (χ2n) is 5.37. The maximum absolute atomic E-state index is 6.19. The molecule has 1 aromatic heterocycles. The number of rotatable bonds is 8. The van der Waals surface area contributed by atoms with Crippen molar-refractivity contribution in [2.45, 2.75) is 64.3 Å². The number of hydrogen-bond acceptors (Lipinski definition) is 4. The summed E-state index contributed by atoms with van der Waals surface area (Å²) in [4.78, 5) is 0. The van der Waals surface area contributed by atoms with Crippen LogP contribution in [-0.2, 0) is 15.9 Å². The predicted octanol–water partition coefficient (Wildman–Crippen LogP) is 2.27. The highest BCUT2D eigenvalue weighted by molar-refractivity contribution is 5.03. The van der Waals surface area contributed by atoms with Gasteiger partial charge >= 0.3 is 0 Å². The first-order chi connectivity index (χ1) is 9.74. The summed E-state index contributed by atoms with van der Waals surface area (Å²) in [7, 11) is 0. The Bertz CT molecular complexity index is 382. The summed E-state index contributed by atoms with van der Waals surface area (Å²) in [6.07, 6.45) is 7.54. The maximum Gasteiger partial charge on any atom is 0.172 e. The fourth-order valence-electron chi connectivity index (χ4n) is 2.82. The van der Waals surface area contributed by atoms with Gasteiger partial charge in [-0.05, 0) is 32.8 Å². The highest BCUT2D eigenvalue weighted by Gasteiger charge is 2.21. The molecule has 2 N–H and O–H groups in total. The number of ether oxygens (including phenoxy) is 2. The molecule has 1 aliphatic rings. The summed E-state index contributed by atoms with van der Waals surface area (Å²) in [5.41, 5.74) is 7.21. The first-order valence-corrected chi connectivity index (χ1v) is 7.77. The van der Waals surface area contributed by atoms with Crippen LogP contribution in [0.2, 0.25) is 0 Å². The maximum atomic E-state index is 6.19. The number of hydrogen-bond donors (Lipinski definition) is 1. The van der Waals surface area contributed by atoms with Gasteiger partial charge < -0.3 is 15.2 Å². The molecule has 2 rings (SSSR count). The van der Waals surface area contributed by atoms with Crippen LogP contribution in [0.1, 0.15) is 51.3 Å². The molecule has 114 valence electrons. The smallest absolute Gasteiger partial charge is 0.172 e. The zero-order valence-electron chi connectivity index (χ0n) is 12.6. The Morgan fingerprint density at radius 1 is 1.30 bits per heavy atom. The molecular weight excluding hydrogens is 254 g/mol. The topological polar surface area (TPSA) is 62.3 Å². The van der Waals surface area contributed by atoms with Crippen molar-refractivity contribution in [1.82, 2.24) is 9.78 Å². The Balaban J connectivity index is 1.91. The summed E-state index contributed by atoms with van der Waals surface area (Å²) in [5, 5.41) is 4.66. The van der Waals surface area contributed by atoms with Crippen molar-refractivity contribution in [3.05, 3.63) is 18.0 Å². The van der Waals surface area contributed by atoms with Gasteiger partial charge in [-0.3, -0.25) is 4.68 Å². The second kappa shape index (κ2) is 7.76. The van der Waals surface area contributed by atoms with Crippen LogP contribution in [0, 0.1) is 0 Å². The normalized spacial score (nSPS) is 18.0. The zero-order chi connectivity index (χ0) is 14.4. The molecule has 0 aromatic carbocycles. The minimum Gasteiger partial charge on any atom is -0.351 e. The van der Waals surface area contributed by atoms with Crippen molar-refractivity contribution in [1.29, 1.82) is 0 Å². The van der Waals surface area contributed by atoms with Crippen LogP contribution < -0.4 is 5.73 Å². The summed E-state index contributed by atoms with van der Waals surface area (Å²) in [6.45, 7) is 5.12. The SMILES string of the molecule is CCOC(OCC)C(N)Cc1ccn(C2CCCC2)n1. The highest BCUT2D eigenvalue weighted by Crippen LogP contribution is 2.28. The number of nitrogens with two attached hydrogens (primary N) is 1. The average molecular weight is 281 g/mol. The van der Waals surface area contributed by atoms with E-state index in [-0.39, 0.29) is 12.3 Å². The average Bonchev–Trinajstić information content (AvgIpc) is 3.08. The van der Waals surface area contributed by atoms with E-state index in [1.807, 2.05) is 13.8 Å². The van der Waals surface area contributed by atoms with Crippen LogP contribution in [-0.4, -0.2) is 35.3 Å². The Morgan fingerprint density at radius 2 is 1.95 bits per heavy atom. The molecule has 0 saturated heterocycles. The van der Waals surface area contributed by atoms with E-state index in [0.29, 0.717) is 25.7 Å². The first kappa shape index (κ1) is 15.5. The molecule has 0 spiro atoms. The molecule has 0 radical (unpaired) electrons. The third-order valence-electron chi connectivity index (χ3n) is 3.82. The number of aromatic nitrogens is 2. The minimum atomic E-state index is -0.346. The van der Waals surface area contributed by atoms with Gasteiger partial charge in [0.1, 0.15) is 0 Å². The van der Waals surface area contributed by atoms with E-state index in [1.54, 1.807) is 0 Å². The second-order valence-corrected chi connectivity index (χ2v) is 5.37. The van der Waals surface area contributed by atoms with E-state index in [9.17, 15) is 0 Å². The van der Waals surface area contributed by atoms with Crippen molar-refractivity contribution in [2.24, 2.45) is 5.73 Å². The largest absolute Gasteiger partial charge is 0.351 e. The van der Waals surface area contributed by atoms with Crippen LogP contribution in [0.15, 0.2) is 12.3 Å². The lowest BCUT2D eigenvalue weighted by Crippen LogP contribution is -2.40. The van der Waals surface area contributed by atoms with Gasteiger partial charge in [0.2, 0.25) is 0 Å². The molecule has 20 heavy (non-hydrogen) atoms. The standard InChI is InChI=1S/C15H27N3O2/c1-3-19-15(20-4-2)14(16)11-12-9-10-18(17-12)13-7-5-6-8-13/h9-10,13-15H,3-8,11,16H2,1-2H3. The summed E-state index contributed by atoms with van der Waals surface area (Å²) < 4.78 is 13.2. The molecular formula is C15H27N3O2. The molecule has 1 fully saturated rings. The molecule has 1 aromatic rings. The summed E-state index contributed by atoms with van der Waals surface area (Å²) in [6, 6.07) is 2.46. The van der Waals surface area contributed by atoms with Crippen LogP contribution in [0.5, 0.6) is 0 Å². The van der Waals surface area contributed by atoms with Crippen molar-refractivity contribution < 1.29 is 9.47 Å². The Hall–Kier alpha value is -0.910. The lowest BCUT2D eigenvalue weighted by molar-refractivity contribution is -0.148. The van der Waals surface area contributed by atoms with E-state index in [2.05, 4.69) is 22.0 Å². The Labute approximate surface area is 121 Å². The molecule has 0 aliphatic heterocycles. The van der Waals surface area contributed by atoms with Crippen molar-refractivity contribution in [3.63, 3.8) is 0 Å². The van der Waals surface area contributed by atoms with Crippen molar-refractivity contribution >= 4 is 0 Å². The lowest BCUT2D eigenvalue weighted by Gasteiger charge is -2.22. The Kier molecular flexibility index (Phi) is 6.01. The van der Waals surface area contributed by atoms with E-state index in [4.69, 9.17) is 15.2 Å². The minimum absolute atomic E-state index is 0.179. The quantitative estimate of drug-likeness (QED) is 0.742. The third kappa shape index (κ3) is 4.04. The van der Waals surface area contributed by atoms with Crippen molar-refractivity contribution in [2.75, 3.05) is 13.2 Å². The van der Waals surface area contributed by atoms with Gasteiger partial charge in [-0.2, -0.15) is 5.10 Å². The third-order valence-corrected chi connectivity index (χ3v) is 3.82. The van der Waals surface area contributed by atoms with Gasteiger partial charge in [-0.15, -0.1) is 0 Å². The number of nitrogens with zero attached hydrogens (tertiary/aromatic N) is 2. The summed E-state index contributed by atoms with van der Waals surface area (Å²) >= 11 is 0. The zero-order valence-corrected chi connectivity index (χ0v) is 12.6. The fraction of sp³-hybridized carbons (Fsp3) is 0.800. The van der Waals surface area contributed by atoms with E-state index in [1.165, 1.54) is 25.7 Å². The van der Waals surface area contributed by atoms with Crippen LogP contribution >= 0.6 is 0 Å². The predicted molar refractivity (Wildman–Crippen MR) is 78.5 cm³/mol. The van der Waals surface area contributed by atoms with Crippen LogP contribution in [0.25, 0.3) is 0 Å². The van der Waals surface area contributed by atoms with Crippen LogP contribution in [0.4, 0.5) is 0 Å². The first-order valence-electron chi connectivity index (χ1n) is 7.77. The van der Waals surface area contributed by atoms with Gasteiger partial charge in [0.15, 0.2) is 6.29 Å². The van der Waals surface area contributed by atoms with Gasteiger partial charge in [0, 0.05) is 25.8 Å². The highest BCUT2D eigenvalue weighted by atomic mass is 16.7. The molecule has 5 nitrogen and oxygen atoms in total. The molecule has 0 amide bonds. The summed E-state index contributed by atoms with van der Waals surface area (Å²) in [5.74, 6) is 0. The van der Waals surface area contributed by atoms with Gasteiger partial charge in [-0.1, -0.05) is 12.8 Å². The van der Waals surface area contributed by atoms with Gasteiger partial charge in [-0.25, -0.2) is 0 Å². The van der Waals surface area contributed by atoms with Crippen LogP contribution in [0.3, 0.4) is 0 Å². The molecule has 5 heteroatoms. The molecule has 1 heterocycles. The fourth-order valence-corrected chi connectivity index (χ4v) is 2.82. The monoisotopic (exact) mass is 281 g/mol. The lowest BCUT2D eigenvalue weighted by atomic mass is 10.1. The molecule has 1 saturated carbocycles. The van der Waals surface area contributed by atoms with E-state index >= 15 is 0 Å². The molecule has 0 bridgehead atoms. The van der Waals surface area contributed by atoms with Gasteiger partial charge in [0.05, 0.1) is 17.8 Å². The van der Waals surface area contributed by atoms with E-state index < -0.39 is 0 Å². The molecule has 1 aliphatic carbocycles. The van der Waals surface area contributed by atoms with Gasteiger partial charge in [0.25, 0.3) is 0 Å². The Morgan fingerprint density at radius 3 is 2.55 bits per heavy atom. The molecule has 1 unspecified atom stereocenters. The van der Waals surface area contributed by atoms with E-state index in [0.717, 1.165) is 5.69 Å². The molecule has 1 atom stereocenters.